The molecule has 0 fully saturated rings. The first-order valence-electron chi connectivity index (χ1n) is 8.05. The summed E-state index contributed by atoms with van der Waals surface area (Å²) in [6.07, 6.45) is 1.68. The summed E-state index contributed by atoms with van der Waals surface area (Å²) < 4.78 is 7.57. The van der Waals surface area contributed by atoms with E-state index < -0.39 is 0 Å². The Labute approximate surface area is 168 Å². The van der Waals surface area contributed by atoms with Crippen molar-refractivity contribution in [1.29, 1.82) is 0 Å². The van der Waals surface area contributed by atoms with Crippen molar-refractivity contribution in [3.8, 4) is 22.8 Å². The van der Waals surface area contributed by atoms with Gasteiger partial charge in [-0.1, -0.05) is 35.9 Å². The van der Waals surface area contributed by atoms with Crippen molar-refractivity contribution in [2.45, 2.75) is 6.54 Å². The van der Waals surface area contributed by atoms with Crippen molar-refractivity contribution in [3.63, 3.8) is 0 Å². The van der Waals surface area contributed by atoms with Gasteiger partial charge in [-0.3, -0.25) is 0 Å². The van der Waals surface area contributed by atoms with Crippen LogP contribution in [0.5, 0.6) is 5.75 Å². The minimum atomic E-state index is 0.480. The number of nitrogens with zero attached hydrogens (tertiary/aromatic N) is 6. The molecule has 0 aliphatic heterocycles. The van der Waals surface area contributed by atoms with Crippen molar-refractivity contribution in [2.24, 2.45) is 0 Å². The van der Waals surface area contributed by atoms with Crippen LogP contribution in [-0.4, -0.2) is 37.1 Å². The smallest absolute Gasteiger partial charge is 0.209 e. The molecule has 136 valence electrons. The van der Waals surface area contributed by atoms with Crippen LogP contribution < -0.4 is 4.74 Å². The SMILES string of the molecule is COc1ccc(Cn2nnc(-c3cnn(-c4ccccc4Cl)c3Br)n2)cc1. The van der Waals surface area contributed by atoms with E-state index in [1.165, 1.54) is 4.80 Å². The van der Waals surface area contributed by atoms with Crippen LogP contribution in [0.4, 0.5) is 0 Å². The molecule has 2 aromatic heterocycles. The third kappa shape index (κ3) is 3.58. The predicted molar refractivity (Wildman–Crippen MR) is 105 cm³/mol. The first-order valence-corrected chi connectivity index (χ1v) is 9.22. The average Bonchev–Trinajstić information content (AvgIpc) is 3.29. The molecule has 7 nitrogen and oxygen atoms in total. The highest BCUT2D eigenvalue weighted by atomic mass is 79.9. The maximum Gasteiger partial charge on any atom is 0.209 e. The fraction of sp³-hybridized carbons (Fsp3) is 0.111. The molecular weight excluding hydrogens is 432 g/mol. The lowest BCUT2D eigenvalue weighted by Crippen LogP contribution is -2.04. The number of tetrazole rings is 1. The van der Waals surface area contributed by atoms with Crippen molar-refractivity contribution >= 4 is 27.5 Å². The molecule has 0 atom stereocenters. The van der Waals surface area contributed by atoms with Crippen LogP contribution in [0.15, 0.2) is 59.3 Å². The van der Waals surface area contributed by atoms with Crippen molar-refractivity contribution in [2.75, 3.05) is 7.11 Å². The highest BCUT2D eigenvalue weighted by Crippen LogP contribution is 2.30. The molecule has 27 heavy (non-hydrogen) atoms. The third-order valence-corrected chi connectivity index (χ3v) is 5.05. The summed E-state index contributed by atoms with van der Waals surface area (Å²) in [5, 5.41) is 17.7. The number of aromatic nitrogens is 6. The molecule has 0 bridgehead atoms. The maximum absolute atomic E-state index is 6.26. The van der Waals surface area contributed by atoms with Gasteiger partial charge in [0.15, 0.2) is 0 Å². The normalized spacial score (nSPS) is 10.9. The molecule has 4 aromatic rings. The number of halogens is 2. The van der Waals surface area contributed by atoms with Crippen LogP contribution in [0.3, 0.4) is 0 Å². The minimum Gasteiger partial charge on any atom is -0.497 e. The topological polar surface area (TPSA) is 70.7 Å². The summed E-state index contributed by atoms with van der Waals surface area (Å²) >= 11 is 9.83. The van der Waals surface area contributed by atoms with Crippen LogP contribution in [0.25, 0.3) is 17.1 Å². The van der Waals surface area contributed by atoms with Gasteiger partial charge in [0, 0.05) is 0 Å². The van der Waals surface area contributed by atoms with Crippen LogP contribution in [0.2, 0.25) is 5.02 Å². The summed E-state index contributed by atoms with van der Waals surface area (Å²) in [6, 6.07) is 15.2. The highest BCUT2D eigenvalue weighted by molar-refractivity contribution is 9.10. The zero-order valence-electron chi connectivity index (χ0n) is 14.3. The molecule has 0 amide bonds. The van der Waals surface area contributed by atoms with Gasteiger partial charge in [0.1, 0.15) is 10.4 Å². The summed E-state index contributed by atoms with van der Waals surface area (Å²) in [5.41, 5.74) is 2.55. The third-order valence-electron chi connectivity index (χ3n) is 3.97. The van der Waals surface area contributed by atoms with Crippen LogP contribution >= 0.6 is 27.5 Å². The quantitative estimate of drug-likeness (QED) is 0.464. The zero-order chi connectivity index (χ0) is 18.8. The van der Waals surface area contributed by atoms with Crippen molar-refractivity contribution in [3.05, 3.63) is 69.9 Å². The summed E-state index contributed by atoms with van der Waals surface area (Å²) in [4.78, 5) is 1.54. The van der Waals surface area contributed by atoms with Gasteiger partial charge in [-0.2, -0.15) is 9.90 Å². The van der Waals surface area contributed by atoms with E-state index in [-0.39, 0.29) is 0 Å². The Morgan fingerprint density at radius 1 is 1.11 bits per heavy atom. The van der Waals surface area contributed by atoms with E-state index in [9.17, 15) is 0 Å². The van der Waals surface area contributed by atoms with E-state index in [1.54, 1.807) is 18.0 Å². The van der Waals surface area contributed by atoms with Crippen LogP contribution in [-0.2, 0) is 6.54 Å². The molecule has 0 aliphatic carbocycles. The monoisotopic (exact) mass is 444 g/mol. The van der Waals surface area contributed by atoms with Gasteiger partial charge in [-0.25, -0.2) is 4.68 Å². The van der Waals surface area contributed by atoms with Gasteiger partial charge >= 0.3 is 0 Å². The summed E-state index contributed by atoms with van der Waals surface area (Å²) in [5.74, 6) is 1.29. The number of hydrogen-bond acceptors (Lipinski definition) is 5. The fourth-order valence-corrected chi connectivity index (χ4v) is 3.37. The maximum atomic E-state index is 6.26. The lowest BCUT2D eigenvalue weighted by atomic mass is 10.2. The van der Waals surface area contributed by atoms with Gasteiger partial charge < -0.3 is 4.74 Å². The molecule has 9 heteroatoms. The second kappa shape index (κ2) is 7.50. The van der Waals surface area contributed by atoms with E-state index in [2.05, 4.69) is 36.4 Å². The molecule has 4 rings (SSSR count). The second-order valence-electron chi connectivity index (χ2n) is 5.70. The van der Waals surface area contributed by atoms with E-state index in [4.69, 9.17) is 16.3 Å². The Morgan fingerprint density at radius 2 is 1.89 bits per heavy atom. The van der Waals surface area contributed by atoms with Crippen LogP contribution in [0, 0.1) is 0 Å². The number of ether oxygens (including phenoxy) is 1. The van der Waals surface area contributed by atoms with Gasteiger partial charge in [-0.15, -0.1) is 10.2 Å². The molecular formula is C18H14BrClN6O. The van der Waals surface area contributed by atoms with Gasteiger partial charge in [-0.05, 0) is 51.0 Å². The van der Waals surface area contributed by atoms with Crippen molar-refractivity contribution < 1.29 is 4.74 Å². The predicted octanol–water partition coefficient (Wildman–Crippen LogP) is 4.00. The number of benzene rings is 2. The zero-order valence-corrected chi connectivity index (χ0v) is 16.6. The van der Waals surface area contributed by atoms with E-state index in [0.29, 0.717) is 22.0 Å². The molecule has 0 saturated heterocycles. The molecule has 0 saturated carbocycles. The Hall–Kier alpha value is -2.71. The lowest BCUT2D eigenvalue weighted by Gasteiger charge is -2.05. The number of rotatable bonds is 5. The van der Waals surface area contributed by atoms with Gasteiger partial charge in [0.25, 0.3) is 0 Å². The van der Waals surface area contributed by atoms with Crippen molar-refractivity contribution in [1.82, 2.24) is 30.0 Å². The minimum absolute atomic E-state index is 0.480. The molecule has 0 unspecified atom stereocenters. The van der Waals surface area contributed by atoms with E-state index in [0.717, 1.165) is 22.6 Å². The Kier molecular flexibility index (Phi) is 4.91. The number of methoxy groups -OCH3 is 1. The Morgan fingerprint density at radius 3 is 2.63 bits per heavy atom. The Balaban J connectivity index is 1.59. The molecule has 2 aromatic carbocycles. The highest BCUT2D eigenvalue weighted by Gasteiger charge is 2.17. The molecule has 0 aliphatic rings. The van der Waals surface area contributed by atoms with E-state index in [1.807, 2.05) is 48.5 Å². The molecule has 2 heterocycles. The fourth-order valence-electron chi connectivity index (χ4n) is 2.59. The number of para-hydroxylation sites is 1. The van der Waals surface area contributed by atoms with E-state index >= 15 is 0 Å². The van der Waals surface area contributed by atoms with Gasteiger partial charge in [0.2, 0.25) is 5.82 Å². The molecule has 0 spiro atoms. The van der Waals surface area contributed by atoms with Gasteiger partial charge in [0.05, 0.1) is 36.1 Å². The molecule has 0 N–H and O–H groups in total. The summed E-state index contributed by atoms with van der Waals surface area (Å²) in [7, 11) is 1.64. The summed E-state index contributed by atoms with van der Waals surface area (Å²) in [6.45, 7) is 0.507. The first-order chi connectivity index (χ1) is 13.2. The second-order valence-corrected chi connectivity index (χ2v) is 6.86. The largest absolute Gasteiger partial charge is 0.497 e. The first kappa shape index (κ1) is 17.7. The number of hydrogen-bond donors (Lipinski definition) is 0. The molecule has 0 radical (unpaired) electrons. The van der Waals surface area contributed by atoms with Crippen LogP contribution in [0.1, 0.15) is 5.56 Å². The Bertz CT molecular complexity index is 1080. The average molecular weight is 446 g/mol. The standard InChI is InChI=1S/C18H14BrClN6O/c1-27-13-8-6-12(7-9-13)11-25-23-18(22-24-25)14-10-21-26(17(14)19)16-5-3-2-4-15(16)20/h2-10H,11H2,1H3. The lowest BCUT2D eigenvalue weighted by molar-refractivity contribution is 0.414.